The number of thiocarbonyl (C=S) groups is 1. The molecule has 0 aromatic heterocycles. The Morgan fingerprint density at radius 1 is 1.03 bits per heavy atom. The average molecular weight is 507 g/mol. The maximum Gasteiger partial charge on any atom is 0.416 e. The maximum atomic E-state index is 13.4. The molecule has 0 aliphatic carbocycles. The second-order valence-corrected chi connectivity index (χ2v) is 8.40. The lowest BCUT2D eigenvalue weighted by Crippen LogP contribution is -2.17. The van der Waals surface area contributed by atoms with Crippen LogP contribution in [0.1, 0.15) is 23.6 Å². The molecule has 12 heteroatoms. The smallest absolute Gasteiger partial charge is 0.416 e. The fraction of sp³-hybridized carbons (Fsp3) is 0.238. The van der Waals surface area contributed by atoms with Crippen molar-refractivity contribution in [3.8, 4) is 22.6 Å². The molecule has 1 heterocycles. The van der Waals surface area contributed by atoms with Gasteiger partial charge in [-0.15, -0.1) is 0 Å². The molecule has 2 aromatic rings. The fourth-order valence-electron chi connectivity index (χ4n) is 3.05. The van der Waals surface area contributed by atoms with Crippen molar-refractivity contribution in [1.82, 2.24) is 5.32 Å². The number of rotatable bonds is 5. The number of hydrogen-bond acceptors (Lipinski definition) is 5. The van der Waals surface area contributed by atoms with Gasteiger partial charge in [-0.25, -0.2) is 0 Å². The Kier molecular flexibility index (Phi) is 6.99. The van der Waals surface area contributed by atoms with E-state index >= 15 is 0 Å². The summed E-state index contributed by atoms with van der Waals surface area (Å²) >= 11 is 5.90. The number of alkyl halides is 6. The van der Waals surface area contributed by atoms with E-state index in [1.54, 1.807) is 6.92 Å². The van der Waals surface area contributed by atoms with Crippen LogP contribution in [0, 0.1) is 0 Å². The number of nitrogens with one attached hydrogen (secondary N) is 1. The first-order valence-electron chi connectivity index (χ1n) is 9.23. The number of methoxy groups -OCH3 is 1. The van der Waals surface area contributed by atoms with Crippen LogP contribution in [-0.4, -0.2) is 23.9 Å². The van der Waals surface area contributed by atoms with Crippen LogP contribution in [-0.2, 0) is 17.1 Å². The quantitative estimate of drug-likeness (QED) is 0.293. The Morgan fingerprint density at radius 2 is 1.64 bits per heavy atom. The van der Waals surface area contributed by atoms with Gasteiger partial charge in [-0.1, -0.05) is 24.0 Å². The molecule has 0 saturated carbocycles. The van der Waals surface area contributed by atoms with E-state index in [9.17, 15) is 31.1 Å². The van der Waals surface area contributed by atoms with Gasteiger partial charge in [0.15, 0.2) is 11.5 Å². The van der Waals surface area contributed by atoms with Gasteiger partial charge in [0.25, 0.3) is 5.91 Å². The molecule has 1 aliphatic heterocycles. The van der Waals surface area contributed by atoms with Crippen LogP contribution in [0.25, 0.3) is 17.2 Å². The molecule has 2 aromatic carbocycles. The molecule has 0 radical (unpaired) electrons. The molecule has 3 rings (SSSR count). The van der Waals surface area contributed by atoms with E-state index in [0.717, 1.165) is 11.8 Å². The minimum atomic E-state index is -5.01. The average Bonchev–Trinajstić information content (AvgIpc) is 3.03. The highest BCUT2D eigenvalue weighted by Gasteiger charge is 2.37. The fourth-order valence-corrected chi connectivity index (χ4v) is 4.09. The van der Waals surface area contributed by atoms with Crippen LogP contribution in [0.2, 0.25) is 0 Å². The zero-order valence-electron chi connectivity index (χ0n) is 17.0. The molecule has 1 saturated heterocycles. The minimum absolute atomic E-state index is 0.0337. The first kappa shape index (κ1) is 24.9. The molecule has 1 aliphatic rings. The molecule has 0 atom stereocenters. The third kappa shape index (κ3) is 5.61. The molecule has 0 bridgehead atoms. The lowest BCUT2D eigenvalue weighted by molar-refractivity contribution is -0.143. The van der Waals surface area contributed by atoms with Crippen LogP contribution >= 0.6 is 24.0 Å². The lowest BCUT2D eigenvalue weighted by atomic mass is 9.96. The molecular weight excluding hydrogens is 492 g/mol. The van der Waals surface area contributed by atoms with Gasteiger partial charge in [0.1, 0.15) is 4.32 Å². The Morgan fingerprint density at radius 3 is 2.09 bits per heavy atom. The molecule has 0 spiro atoms. The Labute approximate surface area is 193 Å². The predicted octanol–water partition coefficient (Wildman–Crippen LogP) is 6.29. The van der Waals surface area contributed by atoms with Crippen LogP contribution in [0.3, 0.4) is 0 Å². The van der Waals surface area contributed by atoms with Crippen LogP contribution in [0.5, 0.6) is 11.5 Å². The van der Waals surface area contributed by atoms with Crippen LogP contribution in [0.15, 0.2) is 35.2 Å². The topological polar surface area (TPSA) is 47.6 Å². The Hall–Kier alpha value is -2.73. The minimum Gasteiger partial charge on any atom is -0.493 e. The second kappa shape index (κ2) is 9.26. The lowest BCUT2D eigenvalue weighted by Gasteiger charge is -2.18. The van der Waals surface area contributed by atoms with Gasteiger partial charge in [-0.05, 0) is 54.5 Å². The van der Waals surface area contributed by atoms with E-state index in [1.165, 1.54) is 25.3 Å². The number of carbonyl (C=O) groups is 1. The van der Waals surface area contributed by atoms with Crippen LogP contribution < -0.4 is 14.8 Å². The molecular formula is C21H15F6NO3S2. The van der Waals surface area contributed by atoms with E-state index in [4.69, 9.17) is 21.7 Å². The van der Waals surface area contributed by atoms with E-state index in [2.05, 4.69) is 5.32 Å². The zero-order valence-corrected chi connectivity index (χ0v) is 18.6. The summed E-state index contributed by atoms with van der Waals surface area (Å²) in [5, 5.41) is 2.42. The molecule has 0 unspecified atom stereocenters. The molecule has 1 N–H and O–H groups in total. The molecule has 4 nitrogen and oxygen atoms in total. The van der Waals surface area contributed by atoms with Crippen molar-refractivity contribution in [2.75, 3.05) is 13.7 Å². The van der Waals surface area contributed by atoms with E-state index < -0.39 is 29.4 Å². The summed E-state index contributed by atoms with van der Waals surface area (Å²) in [6.07, 6.45) is -8.63. The van der Waals surface area contributed by atoms with Gasteiger partial charge >= 0.3 is 12.4 Å². The van der Waals surface area contributed by atoms with Crippen molar-refractivity contribution >= 4 is 40.3 Å². The Bertz CT molecular complexity index is 1110. The molecule has 1 amide bonds. The highest BCUT2D eigenvalue weighted by atomic mass is 32.2. The second-order valence-electron chi connectivity index (χ2n) is 6.68. The number of halogens is 6. The maximum absolute atomic E-state index is 13.4. The Balaban J connectivity index is 2.29. The van der Waals surface area contributed by atoms with E-state index in [0.29, 0.717) is 17.7 Å². The van der Waals surface area contributed by atoms with Gasteiger partial charge in [0.2, 0.25) is 0 Å². The summed E-state index contributed by atoms with van der Waals surface area (Å²) in [7, 11) is 1.28. The summed E-state index contributed by atoms with van der Waals surface area (Å²) < 4.78 is 91.3. The van der Waals surface area contributed by atoms with Crippen molar-refractivity contribution < 1.29 is 40.6 Å². The first-order chi connectivity index (χ1) is 15.3. The third-order valence-electron chi connectivity index (χ3n) is 4.42. The van der Waals surface area contributed by atoms with Crippen molar-refractivity contribution in [2.45, 2.75) is 19.3 Å². The number of benzene rings is 2. The monoisotopic (exact) mass is 507 g/mol. The highest BCUT2D eigenvalue weighted by Crippen LogP contribution is 2.44. The van der Waals surface area contributed by atoms with E-state index in [-0.39, 0.29) is 44.5 Å². The van der Waals surface area contributed by atoms with Gasteiger partial charge in [0.05, 0.1) is 29.7 Å². The number of ether oxygens (including phenoxy) is 2. The van der Waals surface area contributed by atoms with Crippen LogP contribution in [0.4, 0.5) is 26.3 Å². The largest absolute Gasteiger partial charge is 0.493 e. The number of amides is 1. The number of carbonyl (C=O) groups excluding carboxylic acids is 1. The SMILES string of the molecule is CCOc1c(OC)cc(/C=C2\SC(=S)NC2=O)cc1-c1cc(C(F)(F)F)cc(C(F)(F)F)c1. The first-order valence-corrected chi connectivity index (χ1v) is 10.5. The molecule has 33 heavy (non-hydrogen) atoms. The summed E-state index contributed by atoms with van der Waals surface area (Å²) in [4.78, 5) is 12.2. The third-order valence-corrected chi connectivity index (χ3v) is 5.59. The normalized spacial score (nSPS) is 15.7. The van der Waals surface area contributed by atoms with Gasteiger partial charge in [-0.2, -0.15) is 26.3 Å². The van der Waals surface area contributed by atoms with Gasteiger partial charge in [-0.3, -0.25) is 4.79 Å². The van der Waals surface area contributed by atoms with Gasteiger partial charge in [0, 0.05) is 5.56 Å². The zero-order chi connectivity index (χ0) is 24.6. The summed E-state index contributed by atoms with van der Waals surface area (Å²) in [5.74, 6) is -0.440. The standard InChI is InChI=1S/C21H15F6NO3S2/c1-3-31-17-14(11-7-12(20(22,23)24)9-13(8-11)21(25,26)27)4-10(5-15(17)30-2)6-16-18(29)28-19(32)33-16/h4-9H,3H2,1-2H3,(H,28,29,32)/b16-6-. The van der Waals surface area contributed by atoms with Crippen molar-refractivity contribution in [3.63, 3.8) is 0 Å². The summed E-state index contributed by atoms with van der Waals surface area (Å²) in [6.45, 7) is 1.67. The van der Waals surface area contributed by atoms with Gasteiger partial charge < -0.3 is 14.8 Å². The highest BCUT2D eigenvalue weighted by molar-refractivity contribution is 8.26. The molecule has 176 valence electrons. The van der Waals surface area contributed by atoms with Crippen molar-refractivity contribution in [1.29, 1.82) is 0 Å². The van der Waals surface area contributed by atoms with Crippen molar-refractivity contribution in [3.05, 3.63) is 51.9 Å². The summed E-state index contributed by atoms with van der Waals surface area (Å²) in [5.41, 5.74) is -3.08. The number of thioether (sulfide) groups is 1. The van der Waals surface area contributed by atoms with E-state index in [1.807, 2.05) is 0 Å². The van der Waals surface area contributed by atoms with Crippen molar-refractivity contribution in [2.24, 2.45) is 0 Å². The molecule has 1 fully saturated rings. The summed E-state index contributed by atoms with van der Waals surface area (Å²) in [6, 6.07) is 4.04. The predicted molar refractivity (Wildman–Crippen MR) is 116 cm³/mol. The number of hydrogen-bond donors (Lipinski definition) is 1.